The van der Waals surface area contributed by atoms with Gasteiger partial charge in [0.1, 0.15) is 5.38 Å². The molecule has 2 rings (SSSR count). The zero-order valence-corrected chi connectivity index (χ0v) is 14.1. The van der Waals surface area contributed by atoms with Gasteiger partial charge < -0.3 is 10.2 Å². The fraction of sp³-hybridized carbons (Fsp3) is 0.529. The molecule has 2 amide bonds. The van der Waals surface area contributed by atoms with E-state index in [0.29, 0.717) is 18.7 Å². The zero-order chi connectivity index (χ0) is 16.3. The molecule has 1 aromatic carbocycles. The van der Waals surface area contributed by atoms with Crippen LogP contribution in [0.4, 0.5) is 0 Å². The highest BCUT2D eigenvalue weighted by molar-refractivity contribution is 6.30. The van der Waals surface area contributed by atoms with Crippen LogP contribution in [0.3, 0.4) is 0 Å². The zero-order valence-electron chi connectivity index (χ0n) is 13.4. The van der Waals surface area contributed by atoms with Crippen molar-refractivity contribution >= 4 is 23.4 Å². The summed E-state index contributed by atoms with van der Waals surface area (Å²) in [6, 6.07) is 5.85. The second-order valence-electron chi connectivity index (χ2n) is 5.99. The maximum absolute atomic E-state index is 12.3. The number of likely N-dealkylation sites (tertiary alicyclic amines) is 1. The first-order valence-corrected chi connectivity index (χ1v) is 8.13. The molecule has 0 radical (unpaired) electrons. The molecule has 0 aromatic heterocycles. The molecule has 1 atom stereocenters. The fourth-order valence-corrected chi connectivity index (χ4v) is 2.79. The minimum atomic E-state index is -0.485. The van der Waals surface area contributed by atoms with Crippen LogP contribution in [-0.4, -0.2) is 41.2 Å². The number of benzene rings is 1. The quantitative estimate of drug-likeness (QED) is 0.870. The lowest BCUT2D eigenvalue weighted by atomic mass is 10.0. The van der Waals surface area contributed by atoms with Crippen LogP contribution in [0.15, 0.2) is 18.2 Å². The minimum Gasteiger partial charge on any atom is -0.349 e. The highest BCUT2D eigenvalue weighted by Crippen LogP contribution is 2.15. The molecule has 1 fully saturated rings. The topological polar surface area (TPSA) is 49.4 Å². The molecule has 1 saturated heterocycles. The van der Waals surface area contributed by atoms with Crippen molar-refractivity contribution < 1.29 is 9.59 Å². The van der Waals surface area contributed by atoms with Gasteiger partial charge in [0, 0.05) is 24.7 Å². The summed E-state index contributed by atoms with van der Waals surface area (Å²) in [4.78, 5) is 25.9. The van der Waals surface area contributed by atoms with Crippen molar-refractivity contribution in [2.75, 3.05) is 13.1 Å². The van der Waals surface area contributed by atoms with Gasteiger partial charge in [0.2, 0.25) is 5.91 Å². The molecule has 1 heterocycles. The van der Waals surface area contributed by atoms with Gasteiger partial charge in [0.15, 0.2) is 0 Å². The van der Waals surface area contributed by atoms with E-state index in [1.165, 1.54) is 5.56 Å². The predicted molar refractivity (Wildman–Crippen MR) is 88.3 cm³/mol. The number of nitrogens with one attached hydrogen (secondary N) is 1. The Morgan fingerprint density at radius 1 is 1.23 bits per heavy atom. The smallest absolute Gasteiger partial charge is 0.251 e. The maximum Gasteiger partial charge on any atom is 0.251 e. The van der Waals surface area contributed by atoms with Crippen LogP contribution in [-0.2, 0) is 4.79 Å². The molecule has 0 bridgehead atoms. The molecule has 0 spiro atoms. The summed E-state index contributed by atoms with van der Waals surface area (Å²) in [7, 11) is 0. The summed E-state index contributed by atoms with van der Waals surface area (Å²) in [5.74, 6) is -0.0702. The first-order valence-electron chi connectivity index (χ1n) is 7.69. The molecule has 120 valence electrons. The molecule has 1 unspecified atom stereocenters. The number of aryl methyl sites for hydroxylation is 2. The summed E-state index contributed by atoms with van der Waals surface area (Å²) in [5.41, 5.74) is 2.98. The SMILES string of the molecule is Cc1ccc(C(=O)NC2CCN(C(=O)C(C)Cl)CC2)cc1C. The van der Waals surface area contributed by atoms with Crippen molar-refractivity contribution in [1.29, 1.82) is 0 Å². The highest BCUT2D eigenvalue weighted by atomic mass is 35.5. The van der Waals surface area contributed by atoms with Gasteiger partial charge in [-0.25, -0.2) is 0 Å². The maximum atomic E-state index is 12.3. The third-order valence-corrected chi connectivity index (χ3v) is 4.44. The Kier molecular flexibility index (Phi) is 5.46. The molecule has 1 aliphatic heterocycles. The number of halogens is 1. The number of rotatable bonds is 3. The van der Waals surface area contributed by atoms with Crippen molar-refractivity contribution in [3.05, 3.63) is 34.9 Å². The molecule has 1 aliphatic rings. The number of hydrogen-bond donors (Lipinski definition) is 1. The average Bonchev–Trinajstić information content (AvgIpc) is 2.50. The lowest BCUT2D eigenvalue weighted by Crippen LogP contribution is -2.48. The largest absolute Gasteiger partial charge is 0.349 e. The van der Waals surface area contributed by atoms with E-state index >= 15 is 0 Å². The lowest BCUT2D eigenvalue weighted by Gasteiger charge is -2.33. The van der Waals surface area contributed by atoms with Crippen molar-refractivity contribution in [1.82, 2.24) is 10.2 Å². The van der Waals surface area contributed by atoms with Crippen LogP contribution in [0.1, 0.15) is 41.3 Å². The van der Waals surface area contributed by atoms with Crippen molar-refractivity contribution in [2.45, 2.75) is 45.0 Å². The van der Waals surface area contributed by atoms with E-state index in [0.717, 1.165) is 18.4 Å². The molecule has 0 aliphatic carbocycles. The number of alkyl halides is 1. The summed E-state index contributed by atoms with van der Waals surface area (Å²) in [5, 5.41) is 2.58. The van der Waals surface area contributed by atoms with Crippen molar-refractivity contribution in [2.24, 2.45) is 0 Å². The standard InChI is InChI=1S/C17H23ClN2O2/c1-11-4-5-14(10-12(11)2)16(21)19-15-6-8-20(9-7-15)17(22)13(3)18/h4-5,10,13,15H,6-9H2,1-3H3,(H,19,21). The summed E-state index contributed by atoms with van der Waals surface area (Å²) in [6.07, 6.45) is 1.54. The molecule has 0 saturated carbocycles. The van der Waals surface area contributed by atoms with E-state index in [2.05, 4.69) is 5.32 Å². The van der Waals surface area contributed by atoms with Crippen molar-refractivity contribution in [3.8, 4) is 0 Å². The molecular formula is C17H23ClN2O2. The third-order valence-electron chi connectivity index (χ3n) is 4.25. The van der Waals surface area contributed by atoms with Crippen LogP contribution < -0.4 is 5.32 Å². The molecule has 5 heteroatoms. The van der Waals surface area contributed by atoms with E-state index in [1.807, 2.05) is 32.0 Å². The number of nitrogens with zero attached hydrogens (tertiary/aromatic N) is 1. The highest BCUT2D eigenvalue weighted by Gasteiger charge is 2.26. The van der Waals surface area contributed by atoms with E-state index in [4.69, 9.17) is 11.6 Å². The first kappa shape index (κ1) is 16.8. The Balaban J connectivity index is 1.89. The molecule has 22 heavy (non-hydrogen) atoms. The Labute approximate surface area is 136 Å². The van der Waals surface area contributed by atoms with Gasteiger partial charge >= 0.3 is 0 Å². The molecule has 1 aromatic rings. The Hall–Kier alpha value is -1.55. The molecule has 4 nitrogen and oxygen atoms in total. The number of hydrogen-bond acceptors (Lipinski definition) is 2. The van der Waals surface area contributed by atoms with Gasteiger partial charge in [-0.05, 0) is 56.9 Å². The summed E-state index contributed by atoms with van der Waals surface area (Å²) >= 11 is 5.83. The van der Waals surface area contributed by atoms with Gasteiger partial charge in [-0.15, -0.1) is 11.6 Å². The van der Waals surface area contributed by atoms with Crippen LogP contribution in [0, 0.1) is 13.8 Å². The molecular weight excluding hydrogens is 300 g/mol. The van der Waals surface area contributed by atoms with E-state index < -0.39 is 5.38 Å². The van der Waals surface area contributed by atoms with Crippen LogP contribution >= 0.6 is 11.6 Å². The van der Waals surface area contributed by atoms with E-state index in [9.17, 15) is 9.59 Å². The minimum absolute atomic E-state index is 0.0272. The summed E-state index contributed by atoms with van der Waals surface area (Å²) < 4.78 is 0. The second-order valence-corrected chi connectivity index (χ2v) is 6.64. The number of carbonyl (C=O) groups is 2. The van der Waals surface area contributed by atoms with E-state index in [1.54, 1.807) is 11.8 Å². The van der Waals surface area contributed by atoms with Crippen LogP contribution in [0.25, 0.3) is 0 Å². The van der Waals surface area contributed by atoms with Gasteiger partial charge in [-0.1, -0.05) is 6.07 Å². The summed E-state index contributed by atoms with van der Waals surface area (Å²) in [6.45, 7) is 7.02. The van der Waals surface area contributed by atoms with Crippen molar-refractivity contribution in [3.63, 3.8) is 0 Å². The average molecular weight is 323 g/mol. The molecule has 1 N–H and O–H groups in total. The van der Waals surface area contributed by atoms with Gasteiger partial charge in [-0.2, -0.15) is 0 Å². The van der Waals surface area contributed by atoms with Crippen LogP contribution in [0.2, 0.25) is 0 Å². The monoisotopic (exact) mass is 322 g/mol. The number of carbonyl (C=O) groups excluding carboxylic acids is 2. The number of piperidine rings is 1. The fourth-order valence-electron chi connectivity index (χ4n) is 2.65. The van der Waals surface area contributed by atoms with Gasteiger partial charge in [-0.3, -0.25) is 9.59 Å². The Morgan fingerprint density at radius 3 is 2.41 bits per heavy atom. The lowest BCUT2D eigenvalue weighted by molar-refractivity contribution is -0.131. The number of amides is 2. The van der Waals surface area contributed by atoms with Gasteiger partial charge in [0.05, 0.1) is 0 Å². The Morgan fingerprint density at radius 2 is 1.86 bits per heavy atom. The van der Waals surface area contributed by atoms with Gasteiger partial charge in [0.25, 0.3) is 5.91 Å². The second kappa shape index (κ2) is 7.14. The first-order chi connectivity index (χ1) is 10.4. The third kappa shape index (κ3) is 4.01. The Bertz CT molecular complexity index is 564. The van der Waals surface area contributed by atoms with Crippen LogP contribution in [0.5, 0.6) is 0 Å². The van der Waals surface area contributed by atoms with E-state index in [-0.39, 0.29) is 17.9 Å². The predicted octanol–water partition coefficient (Wildman–Crippen LogP) is 2.65. The normalized spacial score (nSPS) is 17.2.